The summed E-state index contributed by atoms with van der Waals surface area (Å²) >= 11 is 0. The summed E-state index contributed by atoms with van der Waals surface area (Å²) in [5, 5.41) is 4.24. The minimum Gasteiger partial charge on any atom is -0.347 e. The fourth-order valence-corrected chi connectivity index (χ4v) is 2.84. The van der Waals surface area contributed by atoms with E-state index >= 15 is 0 Å². The Bertz CT molecular complexity index is 551. The van der Waals surface area contributed by atoms with Crippen molar-refractivity contribution >= 4 is 11.8 Å². The number of nitrogens with zero attached hydrogens (tertiary/aromatic N) is 4. The molecule has 2 heterocycles. The first-order valence-electron chi connectivity index (χ1n) is 7.01. The van der Waals surface area contributed by atoms with Crippen molar-refractivity contribution in [3.8, 4) is 0 Å². The van der Waals surface area contributed by atoms with Crippen LogP contribution < -0.4 is 0 Å². The molecule has 2 amide bonds. The van der Waals surface area contributed by atoms with Gasteiger partial charge in [0, 0.05) is 26.2 Å². The van der Waals surface area contributed by atoms with E-state index in [1.807, 2.05) is 11.0 Å². The highest BCUT2D eigenvalue weighted by Crippen LogP contribution is 2.40. The quantitative estimate of drug-likeness (QED) is 0.791. The van der Waals surface area contributed by atoms with Crippen molar-refractivity contribution in [3.05, 3.63) is 18.0 Å². The van der Waals surface area contributed by atoms with Gasteiger partial charge >= 0.3 is 0 Å². The summed E-state index contributed by atoms with van der Waals surface area (Å²) in [6.45, 7) is 3.08. The summed E-state index contributed by atoms with van der Waals surface area (Å²) in [6.07, 6.45) is 2.67. The second-order valence-electron chi connectivity index (χ2n) is 6.05. The molecule has 0 bridgehead atoms. The molecular formula is C14H20N4O2. The number of aromatic nitrogens is 2. The third-order valence-electron chi connectivity index (χ3n) is 4.26. The van der Waals surface area contributed by atoms with Gasteiger partial charge in [-0.1, -0.05) is 6.92 Å². The Morgan fingerprint density at radius 1 is 1.40 bits per heavy atom. The molecule has 108 valence electrons. The first-order chi connectivity index (χ1) is 9.49. The predicted octanol–water partition coefficient (Wildman–Crippen LogP) is 0.511. The van der Waals surface area contributed by atoms with Gasteiger partial charge in [-0.2, -0.15) is 5.10 Å². The molecule has 0 spiro atoms. The van der Waals surface area contributed by atoms with Gasteiger partial charge in [0.05, 0.1) is 18.8 Å². The molecule has 3 atom stereocenters. The topological polar surface area (TPSA) is 58.4 Å². The summed E-state index contributed by atoms with van der Waals surface area (Å²) in [4.78, 5) is 28.1. The van der Waals surface area contributed by atoms with Crippen molar-refractivity contribution < 1.29 is 9.59 Å². The highest BCUT2D eigenvalue weighted by atomic mass is 16.2. The van der Waals surface area contributed by atoms with Gasteiger partial charge in [-0.05, 0) is 18.4 Å². The first kappa shape index (κ1) is 13.1. The Hall–Kier alpha value is -1.85. The van der Waals surface area contributed by atoms with E-state index in [1.165, 1.54) is 0 Å². The van der Waals surface area contributed by atoms with Gasteiger partial charge in [0.2, 0.25) is 11.8 Å². The fraction of sp³-hybridized carbons (Fsp3) is 0.643. The van der Waals surface area contributed by atoms with E-state index in [-0.39, 0.29) is 17.7 Å². The van der Waals surface area contributed by atoms with Gasteiger partial charge in [-0.3, -0.25) is 14.3 Å². The van der Waals surface area contributed by atoms with Crippen LogP contribution in [0.5, 0.6) is 0 Å². The summed E-state index contributed by atoms with van der Waals surface area (Å²) in [5.41, 5.74) is 0.929. The van der Waals surface area contributed by atoms with Crippen LogP contribution in [0, 0.1) is 11.8 Å². The Morgan fingerprint density at radius 2 is 2.10 bits per heavy atom. The second-order valence-corrected chi connectivity index (χ2v) is 6.05. The number of likely N-dealkylation sites (N-methyl/N-ethyl adjacent to an activating group) is 1. The molecule has 20 heavy (non-hydrogen) atoms. The molecule has 2 aliphatic rings. The molecule has 1 fully saturated rings. The van der Waals surface area contributed by atoms with E-state index in [9.17, 15) is 9.59 Å². The van der Waals surface area contributed by atoms with Gasteiger partial charge in [0.25, 0.3) is 0 Å². The molecule has 1 aliphatic carbocycles. The Balaban J connectivity index is 1.85. The van der Waals surface area contributed by atoms with Gasteiger partial charge in [-0.15, -0.1) is 0 Å². The maximum atomic E-state index is 12.4. The van der Waals surface area contributed by atoms with E-state index in [1.54, 1.807) is 29.9 Å². The van der Waals surface area contributed by atoms with Crippen molar-refractivity contribution in [2.75, 3.05) is 20.6 Å². The van der Waals surface area contributed by atoms with E-state index in [0.29, 0.717) is 19.0 Å². The summed E-state index contributed by atoms with van der Waals surface area (Å²) < 4.78 is 1.75. The van der Waals surface area contributed by atoms with Crippen molar-refractivity contribution in [2.24, 2.45) is 11.8 Å². The lowest BCUT2D eigenvalue weighted by Gasteiger charge is -2.34. The molecule has 6 nitrogen and oxygen atoms in total. The van der Waals surface area contributed by atoms with Gasteiger partial charge < -0.3 is 9.80 Å². The number of amides is 2. The highest BCUT2D eigenvalue weighted by molar-refractivity contribution is 5.84. The van der Waals surface area contributed by atoms with Gasteiger partial charge in [-0.25, -0.2) is 0 Å². The molecule has 3 rings (SSSR count). The average Bonchev–Trinajstić information content (AvgIpc) is 2.96. The zero-order valence-electron chi connectivity index (χ0n) is 12.1. The zero-order chi connectivity index (χ0) is 14.4. The molecule has 6 heteroatoms. The minimum atomic E-state index is -0.401. The monoisotopic (exact) mass is 276 g/mol. The lowest BCUT2D eigenvalue weighted by atomic mass is 10.1. The maximum absolute atomic E-state index is 12.4. The van der Waals surface area contributed by atoms with Gasteiger partial charge in [0.15, 0.2) is 0 Å². The van der Waals surface area contributed by atoms with Crippen LogP contribution in [0.3, 0.4) is 0 Å². The van der Waals surface area contributed by atoms with Crippen molar-refractivity contribution in [1.82, 2.24) is 19.6 Å². The molecule has 0 N–H and O–H groups in total. The van der Waals surface area contributed by atoms with Crippen molar-refractivity contribution in [2.45, 2.75) is 25.9 Å². The standard InChI is InChI=1S/C14H20N4O2/c1-9-6-11(9)13(19)17-7-10-4-5-15-18(10)12(8-17)14(20)16(2)3/h4-5,9,11-12H,6-8H2,1-3H3/t9-,11-,12-/m1/s1. The molecule has 0 aromatic carbocycles. The van der Waals surface area contributed by atoms with E-state index in [4.69, 9.17) is 0 Å². The van der Waals surface area contributed by atoms with Crippen molar-refractivity contribution in [3.63, 3.8) is 0 Å². The number of fused-ring (bicyclic) bond motifs is 1. The lowest BCUT2D eigenvalue weighted by Crippen LogP contribution is -2.47. The van der Waals surface area contributed by atoms with Gasteiger partial charge in [0.1, 0.15) is 6.04 Å². The summed E-state index contributed by atoms with van der Waals surface area (Å²) in [6, 6.07) is 1.48. The number of carbonyl (C=O) groups is 2. The van der Waals surface area contributed by atoms with Crippen LogP contribution in [0.25, 0.3) is 0 Å². The Kier molecular flexibility index (Phi) is 3.03. The Labute approximate surface area is 118 Å². The molecule has 1 aromatic rings. The Morgan fingerprint density at radius 3 is 2.70 bits per heavy atom. The molecule has 1 aromatic heterocycles. The third kappa shape index (κ3) is 2.09. The zero-order valence-corrected chi connectivity index (χ0v) is 12.1. The SMILES string of the molecule is C[C@@H]1C[C@H]1C(=O)N1Cc2ccnn2[C@@H](C(=O)N(C)C)C1. The van der Waals surface area contributed by atoms with E-state index in [2.05, 4.69) is 12.0 Å². The van der Waals surface area contributed by atoms with Crippen LogP contribution in [0.15, 0.2) is 12.3 Å². The lowest BCUT2D eigenvalue weighted by molar-refractivity contribution is -0.139. The summed E-state index contributed by atoms with van der Waals surface area (Å²) in [5.74, 6) is 0.801. The predicted molar refractivity (Wildman–Crippen MR) is 72.6 cm³/mol. The second kappa shape index (κ2) is 4.61. The third-order valence-corrected chi connectivity index (χ3v) is 4.26. The number of carbonyl (C=O) groups excluding carboxylic acids is 2. The van der Waals surface area contributed by atoms with E-state index in [0.717, 1.165) is 12.1 Å². The molecule has 0 saturated heterocycles. The fourth-order valence-electron chi connectivity index (χ4n) is 2.84. The smallest absolute Gasteiger partial charge is 0.248 e. The molecule has 0 radical (unpaired) electrons. The first-order valence-corrected chi connectivity index (χ1v) is 7.01. The average molecular weight is 276 g/mol. The van der Waals surface area contributed by atoms with E-state index < -0.39 is 6.04 Å². The maximum Gasteiger partial charge on any atom is 0.248 e. The molecular weight excluding hydrogens is 256 g/mol. The van der Waals surface area contributed by atoms with Crippen molar-refractivity contribution in [1.29, 1.82) is 0 Å². The number of hydrogen-bond acceptors (Lipinski definition) is 3. The van der Waals surface area contributed by atoms with Crippen LogP contribution in [0.2, 0.25) is 0 Å². The van der Waals surface area contributed by atoms with Crippen LogP contribution in [0.1, 0.15) is 25.1 Å². The molecule has 1 saturated carbocycles. The minimum absolute atomic E-state index is 0.0173. The van der Waals surface area contributed by atoms with Crippen LogP contribution in [-0.4, -0.2) is 52.0 Å². The molecule has 0 unspecified atom stereocenters. The van der Waals surface area contributed by atoms with Crippen LogP contribution in [0.4, 0.5) is 0 Å². The normalized spacial score (nSPS) is 27.9. The van der Waals surface area contributed by atoms with Crippen LogP contribution >= 0.6 is 0 Å². The van der Waals surface area contributed by atoms with Crippen LogP contribution in [-0.2, 0) is 16.1 Å². The number of hydrogen-bond donors (Lipinski definition) is 0. The molecule has 1 aliphatic heterocycles. The number of rotatable bonds is 2. The largest absolute Gasteiger partial charge is 0.347 e. The highest BCUT2D eigenvalue weighted by Gasteiger charge is 2.44. The summed E-state index contributed by atoms with van der Waals surface area (Å²) in [7, 11) is 3.46.